The molecule has 1 saturated heterocycles. The molecule has 1 amide bonds. The van der Waals surface area contributed by atoms with Gasteiger partial charge in [0.1, 0.15) is 6.04 Å². The van der Waals surface area contributed by atoms with Gasteiger partial charge in [0.15, 0.2) is 0 Å². The second-order valence-corrected chi connectivity index (χ2v) is 7.34. The molecule has 1 fully saturated rings. The third kappa shape index (κ3) is 3.32. The summed E-state index contributed by atoms with van der Waals surface area (Å²) in [6.07, 6.45) is 2.85. The lowest BCUT2D eigenvalue weighted by molar-refractivity contribution is 0.0566. The van der Waals surface area contributed by atoms with Crippen LogP contribution in [-0.2, 0) is 0 Å². The Balaban J connectivity index is 1.62. The zero-order valence-electron chi connectivity index (χ0n) is 13.4. The third-order valence-corrected chi connectivity index (χ3v) is 5.40. The van der Waals surface area contributed by atoms with E-state index in [2.05, 4.69) is 10.1 Å². The summed E-state index contributed by atoms with van der Waals surface area (Å²) in [5.41, 5.74) is 0.800. The number of piperidine rings is 1. The number of nitrogens with zero attached hydrogens (tertiary/aromatic N) is 3. The highest BCUT2D eigenvalue weighted by Gasteiger charge is 2.33. The van der Waals surface area contributed by atoms with Crippen LogP contribution in [0.3, 0.4) is 0 Å². The maximum Gasteiger partial charge on any atom is 0.264 e. The highest BCUT2D eigenvalue weighted by molar-refractivity contribution is 7.12. The SMILES string of the molecule is O=C(c1cccs1)N1CCCC[C@@H]1c1nc(-c2cccc(Cl)c2)no1. The Kier molecular flexibility index (Phi) is 4.55. The predicted molar refractivity (Wildman–Crippen MR) is 96.7 cm³/mol. The van der Waals surface area contributed by atoms with E-state index < -0.39 is 0 Å². The maximum atomic E-state index is 12.8. The molecule has 0 unspecified atom stereocenters. The van der Waals surface area contributed by atoms with Crippen molar-refractivity contribution in [2.45, 2.75) is 25.3 Å². The van der Waals surface area contributed by atoms with E-state index in [0.717, 1.165) is 29.7 Å². The largest absolute Gasteiger partial charge is 0.337 e. The average Bonchev–Trinajstić information content (AvgIpc) is 3.33. The molecule has 7 heteroatoms. The first kappa shape index (κ1) is 16.3. The van der Waals surface area contributed by atoms with E-state index in [1.807, 2.05) is 34.5 Å². The second-order valence-electron chi connectivity index (χ2n) is 5.95. The van der Waals surface area contributed by atoms with E-state index in [1.165, 1.54) is 11.3 Å². The van der Waals surface area contributed by atoms with Crippen molar-refractivity contribution in [1.82, 2.24) is 15.0 Å². The van der Waals surface area contributed by atoms with Gasteiger partial charge in [-0.1, -0.05) is 35.0 Å². The molecule has 1 aliphatic heterocycles. The molecule has 3 heterocycles. The van der Waals surface area contributed by atoms with Gasteiger partial charge < -0.3 is 9.42 Å². The molecule has 5 nitrogen and oxygen atoms in total. The summed E-state index contributed by atoms with van der Waals surface area (Å²) >= 11 is 7.49. The van der Waals surface area contributed by atoms with Crippen LogP contribution >= 0.6 is 22.9 Å². The van der Waals surface area contributed by atoms with E-state index >= 15 is 0 Å². The maximum absolute atomic E-state index is 12.8. The van der Waals surface area contributed by atoms with Gasteiger partial charge in [-0.25, -0.2) is 0 Å². The van der Waals surface area contributed by atoms with E-state index in [0.29, 0.717) is 23.3 Å². The highest BCUT2D eigenvalue weighted by Crippen LogP contribution is 2.33. The van der Waals surface area contributed by atoms with Crippen molar-refractivity contribution in [1.29, 1.82) is 0 Å². The monoisotopic (exact) mass is 373 g/mol. The first-order chi connectivity index (χ1) is 12.2. The molecule has 2 aromatic heterocycles. The number of rotatable bonds is 3. The number of benzene rings is 1. The number of amides is 1. The van der Waals surface area contributed by atoms with E-state index in [1.54, 1.807) is 12.1 Å². The van der Waals surface area contributed by atoms with Gasteiger partial charge >= 0.3 is 0 Å². The predicted octanol–water partition coefficient (Wildman–Crippen LogP) is 4.82. The summed E-state index contributed by atoms with van der Waals surface area (Å²) < 4.78 is 5.50. The lowest BCUT2D eigenvalue weighted by Crippen LogP contribution is -2.38. The zero-order valence-corrected chi connectivity index (χ0v) is 15.0. The molecule has 1 aromatic carbocycles. The zero-order chi connectivity index (χ0) is 17.2. The van der Waals surface area contributed by atoms with Gasteiger partial charge in [0, 0.05) is 17.1 Å². The normalized spacial score (nSPS) is 17.6. The van der Waals surface area contributed by atoms with Crippen LogP contribution in [0.15, 0.2) is 46.3 Å². The molecule has 3 aromatic rings. The van der Waals surface area contributed by atoms with Crippen LogP contribution in [0.5, 0.6) is 0 Å². The molecular weight excluding hydrogens is 358 g/mol. The quantitative estimate of drug-likeness (QED) is 0.660. The number of likely N-dealkylation sites (tertiary alicyclic amines) is 1. The number of carbonyl (C=O) groups excluding carboxylic acids is 1. The molecule has 0 N–H and O–H groups in total. The van der Waals surface area contributed by atoms with Gasteiger partial charge in [-0.05, 0) is 42.8 Å². The lowest BCUT2D eigenvalue weighted by Gasteiger charge is -2.33. The summed E-state index contributed by atoms with van der Waals surface area (Å²) in [4.78, 5) is 19.9. The lowest BCUT2D eigenvalue weighted by atomic mass is 10.0. The third-order valence-electron chi connectivity index (χ3n) is 4.31. The molecule has 1 aliphatic rings. The Labute approximate surface area is 154 Å². The van der Waals surface area contributed by atoms with Crippen molar-refractivity contribution in [3.63, 3.8) is 0 Å². The van der Waals surface area contributed by atoms with Gasteiger partial charge in [0.2, 0.25) is 11.7 Å². The average molecular weight is 374 g/mol. The number of thiophene rings is 1. The molecule has 0 aliphatic carbocycles. The molecule has 0 spiro atoms. The van der Waals surface area contributed by atoms with Gasteiger partial charge in [0.25, 0.3) is 5.91 Å². The summed E-state index contributed by atoms with van der Waals surface area (Å²) in [6, 6.07) is 10.9. The van der Waals surface area contributed by atoms with Crippen LogP contribution in [0, 0.1) is 0 Å². The summed E-state index contributed by atoms with van der Waals surface area (Å²) in [5.74, 6) is 1.01. The van der Waals surface area contributed by atoms with Crippen molar-refractivity contribution in [2.24, 2.45) is 0 Å². The Morgan fingerprint density at radius 3 is 3.00 bits per heavy atom. The van der Waals surface area contributed by atoms with Crippen molar-refractivity contribution < 1.29 is 9.32 Å². The summed E-state index contributed by atoms with van der Waals surface area (Å²) in [5, 5.41) is 6.61. The molecule has 4 rings (SSSR count). The Morgan fingerprint density at radius 2 is 2.20 bits per heavy atom. The van der Waals surface area contributed by atoms with Crippen LogP contribution in [0.25, 0.3) is 11.4 Å². The van der Waals surface area contributed by atoms with E-state index in [4.69, 9.17) is 16.1 Å². The summed E-state index contributed by atoms with van der Waals surface area (Å²) in [6.45, 7) is 0.705. The second kappa shape index (κ2) is 6.98. The van der Waals surface area contributed by atoms with Gasteiger partial charge in [-0.2, -0.15) is 4.98 Å². The Bertz CT molecular complexity index is 878. The smallest absolute Gasteiger partial charge is 0.264 e. The van der Waals surface area contributed by atoms with Crippen molar-refractivity contribution >= 4 is 28.8 Å². The van der Waals surface area contributed by atoms with Crippen molar-refractivity contribution in [2.75, 3.05) is 6.54 Å². The fourth-order valence-corrected chi connectivity index (χ4v) is 3.96. The number of aromatic nitrogens is 2. The van der Waals surface area contributed by atoms with Crippen molar-refractivity contribution in [3.05, 3.63) is 57.6 Å². The fraction of sp³-hybridized carbons (Fsp3) is 0.278. The van der Waals surface area contributed by atoms with Gasteiger partial charge in [-0.3, -0.25) is 4.79 Å². The van der Waals surface area contributed by atoms with Gasteiger partial charge in [0.05, 0.1) is 4.88 Å². The van der Waals surface area contributed by atoms with Gasteiger partial charge in [-0.15, -0.1) is 11.3 Å². The van der Waals surface area contributed by atoms with E-state index in [-0.39, 0.29) is 11.9 Å². The fourth-order valence-electron chi connectivity index (χ4n) is 3.09. The molecule has 0 radical (unpaired) electrons. The Hall–Kier alpha value is -2.18. The van der Waals surface area contributed by atoms with Crippen LogP contribution in [0.4, 0.5) is 0 Å². The van der Waals surface area contributed by atoms with Crippen LogP contribution in [0.2, 0.25) is 5.02 Å². The molecule has 25 heavy (non-hydrogen) atoms. The van der Waals surface area contributed by atoms with Crippen molar-refractivity contribution in [3.8, 4) is 11.4 Å². The first-order valence-electron chi connectivity index (χ1n) is 8.16. The summed E-state index contributed by atoms with van der Waals surface area (Å²) in [7, 11) is 0. The number of hydrogen-bond acceptors (Lipinski definition) is 5. The minimum atomic E-state index is -0.177. The number of hydrogen-bond donors (Lipinski definition) is 0. The molecule has 1 atom stereocenters. The molecule has 0 saturated carbocycles. The Morgan fingerprint density at radius 1 is 1.28 bits per heavy atom. The standard InChI is InChI=1S/C18H16ClN3O2S/c19-13-6-3-5-12(11-13)16-20-17(24-21-16)14-7-1-2-9-22(14)18(23)15-8-4-10-25-15/h3-6,8,10-11,14H,1-2,7,9H2/t14-/m1/s1. The molecular formula is C18H16ClN3O2S. The molecule has 128 valence electrons. The minimum Gasteiger partial charge on any atom is -0.337 e. The van der Waals surface area contributed by atoms with Crippen LogP contribution in [-0.4, -0.2) is 27.5 Å². The topological polar surface area (TPSA) is 59.2 Å². The highest BCUT2D eigenvalue weighted by atomic mass is 35.5. The minimum absolute atomic E-state index is 0.0298. The van der Waals surface area contributed by atoms with E-state index in [9.17, 15) is 4.79 Å². The number of carbonyl (C=O) groups is 1. The van der Waals surface area contributed by atoms with Crippen LogP contribution < -0.4 is 0 Å². The molecule has 0 bridgehead atoms. The number of halogens is 1. The van der Waals surface area contributed by atoms with Crippen LogP contribution in [0.1, 0.15) is 40.9 Å². The first-order valence-corrected chi connectivity index (χ1v) is 9.42.